The molecule has 4 heteroatoms. The molecule has 0 saturated carbocycles. The summed E-state index contributed by atoms with van der Waals surface area (Å²) < 4.78 is 0. The number of aliphatic carboxylic acids is 1. The van der Waals surface area contributed by atoms with Crippen LogP contribution in [-0.2, 0) is 4.79 Å². The molecule has 14 heavy (non-hydrogen) atoms. The maximum Gasteiger partial charge on any atom is 0.101 e. The van der Waals surface area contributed by atoms with Crippen LogP contribution in [0.3, 0.4) is 0 Å². The standard InChI is InChI=1S/C10H6ClNO2/c11-9-3-1-7(2-4-9)5-8(6-12)10(13)14/h1-5H,(H,13,14)/p-1. The van der Waals surface area contributed by atoms with E-state index in [-0.39, 0.29) is 0 Å². The van der Waals surface area contributed by atoms with Crippen LogP contribution in [0, 0.1) is 11.3 Å². The largest absolute Gasteiger partial charge is 0.544 e. The monoisotopic (exact) mass is 206 g/mol. The van der Waals surface area contributed by atoms with Gasteiger partial charge < -0.3 is 9.90 Å². The average Bonchev–Trinajstić information content (AvgIpc) is 2.16. The molecule has 0 atom stereocenters. The van der Waals surface area contributed by atoms with Gasteiger partial charge in [0, 0.05) is 5.02 Å². The summed E-state index contributed by atoms with van der Waals surface area (Å²) in [4.78, 5) is 10.4. The van der Waals surface area contributed by atoms with Crippen LogP contribution in [0.2, 0.25) is 5.02 Å². The number of hydrogen-bond donors (Lipinski definition) is 0. The van der Waals surface area contributed by atoms with Crippen molar-refractivity contribution in [3.8, 4) is 6.07 Å². The predicted molar refractivity (Wildman–Crippen MR) is 50.0 cm³/mol. The minimum absolute atomic E-state index is 0.410. The first-order valence-electron chi connectivity index (χ1n) is 3.72. The fraction of sp³-hybridized carbons (Fsp3) is 0. The van der Waals surface area contributed by atoms with Gasteiger partial charge in [-0.3, -0.25) is 0 Å². The summed E-state index contributed by atoms with van der Waals surface area (Å²) in [6.07, 6.45) is 1.23. The lowest BCUT2D eigenvalue weighted by atomic mass is 10.1. The zero-order valence-corrected chi connectivity index (χ0v) is 7.78. The summed E-state index contributed by atoms with van der Waals surface area (Å²) >= 11 is 5.63. The molecule has 0 aliphatic carbocycles. The Bertz CT molecular complexity index is 415. The van der Waals surface area contributed by atoms with Gasteiger partial charge in [-0.05, 0) is 23.8 Å². The second-order valence-corrected chi connectivity index (χ2v) is 2.95. The average molecular weight is 207 g/mol. The number of carbonyl (C=O) groups is 1. The van der Waals surface area contributed by atoms with Crippen molar-refractivity contribution < 1.29 is 9.90 Å². The van der Waals surface area contributed by atoms with Gasteiger partial charge in [-0.2, -0.15) is 5.26 Å². The Morgan fingerprint density at radius 3 is 2.43 bits per heavy atom. The highest BCUT2D eigenvalue weighted by molar-refractivity contribution is 6.30. The third-order valence-electron chi connectivity index (χ3n) is 1.52. The van der Waals surface area contributed by atoms with Gasteiger partial charge in [-0.15, -0.1) is 0 Å². The third-order valence-corrected chi connectivity index (χ3v) is 1.77. The Morgan fingerprint density at radius 2 is 2.00 bits per heavy atom. The Hall–Kier alpha value is -1.79. The van der Waals surface area contributed by atoms with E-state index in [1.807, 2.05) is 0 Å². The van der Waals surface area contributed by atoms with Gasteiger partial charge in [0.15, 0.2) is 0 Å². The van der Waals surface area contributed by atoms with Crippen LogP contribution in [0.15, 0.2) is 29.8 Å². The van der Waals surface area contributed by atoms with E-state index in [2.05, 4.69) is 0 Å². The molecule has 0 heterocycles. The molecule has 0 saturated heterocycles. The minimum Gasteiger partial charge on any atom is -0.544 e. The molecule has 0 N–H and O–H groups in total. The molecule has 1 rings (SSSR count). The maximum atomic E-state index is 10.4. The number of carboxylic acids is 1. The van der Waals surface area contributed by atoms with E-state index in [0.717, 1.165) is 0 Å². The SMILES string of the molecule is N#CC(=Cc1ccc(Cl)cc1)C(=O)[O-]. The number of carboxylic acid groups (broad SMARTS) is 1. The van der Waals surface area contributed by atoms with Crippen molar-refractivity contribution in [2.24, 2.45) is 0 Å². The summed E-state index contributed by atoms with van der Waals surface area (Å²) in [6, 6.07) is 7.98. The Kier molecular flexibility index (Phi) is 3.27. The van der Waals surface area contributed by atoms with Gasteiger partial charge in [0.2, 0.25) is 0 Å². The Labute approximate surface area is 85.9 Å². The zero-order chi connectivity index (χ0) is 10.6. The van der Waals surface area contributed by atoms with Crippen molar-refractivity contribution in [3.63, 3.8) is 0 Å². The van der Waals surface area contributed by atoms with Crippen molar-refractivity contribution in [2.45, 2.75) is 0 Å². The second-order valence-electron chi connectivity index (χ2n) is 2.51. The maximum absolute atomic E-state index is 10.4. The quantitative estimate of drug-likeness (QED) is 0.536. The van der Waals surface area contributed by atoms with Crippen LogP contribution < -0.4 is 5.11 Å². The molecular formula is C10H5ClNO2-. The highest BCUT2D eigenvalue weighted by atomic mass is 35.5. The number of benzene rings is 1. The van der Waals surface area contributed by atoms with E-state index in [1.165, 1.54) is 12.1 Å². The lowest BCUT2D eigenvalue weighted by Gasteiger charge is -1.99. The van der Waals surface area contributed by atoms with E-state index in [4.69, 9.17) is 16.9 Å². The van der Waals surface area contributed by atoms with Crippen molar-refractivity contribution in [2.75, 3.05) is 0 Å². The number of nitriles is 1. The van der Waals surface area contributed by atoms with Gasteiger partial charge in [0.1, 0.15) is 6.07 Å². The third kappa shape index (κ3) is 2.61. The first-order chi connectivity index (χ1) is 6.63. The van der Waals surface area contributed by atoms with Crippen LogP contribution in [0.5, 0.6) is 0 Å². The predicted octanol–water partition coefficient (Wildman–Crippen LogP) is 0.997. The lowest BCUT2D eigenvalue weighted by molar-refractivity contribution is -0.298. The summed E-state index contributed by atoms with van der Waals surface area (Å²) in [5.74, 6) is -1.48. The van der Waals surface area contributed by atoms with Gasteiger partial charge in [0.05, 0.1) is 11.5 Å². The van der Waals surface area contributed by atoms with Crippen LogP contribution in [0.25, 0.3) is 6.08 Å². The van der Waals surface area contributed by atoms with Crippen LogP contribution >= 0.6 is 11.6 Å². The number of nitrogens with zero attached hydrogens (tertiary/aromatic N) is 1. The van der Waals surface area contributed by atoms with Gasteiger partial charge in [-0.1, -0.05) is 23.7 Å². The van der Waals surface area contributed by atoms with E-state index < -0.39 is 11.5 Å². The molecule has 0 aliphatic heterocycles. The molecule has 0 spiro atoms. The minimum atomic E-state index is -1.48. The molecule has 0 aromatic heterocycles. The molecule has 0 unspecified atom stereocenters. The normalized spacial score (nSPS) is 10.7. The molecule has 1 aromatic carbocycles. The molecule has 3 nitrogen and oxygen atoms in total. The van der Waals surface area contributed by atoms with Gasteiger partial charge >= 0.3 is 0 Å². The molecule has 0 aliphatic rings. The number of hydrogen-bond acceptors (Lipinski definition) is 3. The smallest absolute Gasteiger partial charge is 0.101 e. The Morgan fingerprint density at radius 1 is 1.43 bits per heavy atom. The van der Waals surface area contributed by atoms with Gasteiger partial charge in [0.25, 0.3) is 0 Å². The molecule has 0 bridgehead atoms. The van der Waals surface area contributed by atoms with Crippen molar-refractivity contribution >= 4 is 23.6 Å². The molecule has 1 aromatic rings. The van der Waals surface area contributed by atoms with Crippen LogP contribution in [-0.4, -0.2) is 5.97 Å². The highest BCUT2D eigenvalue weighted by Crippen LogP contribution is 2.12. The topological polar surface area (TPSA) is 63.9 Å². The number of carbonyl (C=O) groups excluding carboxylic acids is 1. The molecule has 0 fully saturated rings. The summed E-state index contributed by atoms with van der Waals surface area (Å²) in [5, 5.41) is 19.4. The van der Waals surface area contributed by atoms with Crippen LogP contribution in [0.4, 0.5) is 0 Å². The zero-order valence-electron chi connectivity index (χ0n) is 7.03. The van der Waals surface area contributed by atoms with E-state index in [9.17, 15) is 9.90 Å². The van der Waals surface area contributed by atoms with E-state index >= 15 is 0 Å². The first kappa shape index (κ1) is 10.3. The fourth-order valence-electron chi connectivity index (χ4n) is 0.863. The lowest BCUT2D eigenvalue weighted by Crippen LogP contribution is -2.23. The van der Waals surface area contributed by atoms with Crippen LogP contribution in [0.1, 0.15) is 5.56 Å². The molecule has 70 valence electrons. The molecular weight excluding hydrogens is 202 g/mol. The Balaban J connectivity index is 3.03. The van der Waals surface area contributed by atoms with Gasteiger partial charge in [-0.25, -0.2) is 0 Å². The van der Waals surface area contributed by atoms with Crippen molar-refractivity contribution in [1.82, 2.24) is 0 Å². The summed E-state index contributed by atoms with van der Waals surface area (Å²) in [6.45, 7) is 0. The number of rotatable bonds is 2. The number of halogens is 1. The molecule has 0 amide bonds. The fourth-order valence-corrected chi connectivity index (χ4v) is 0.989. The molecule has 0 radical (unpaired) electrons. The van der Waals surface area contributed by atoms with E-state index in [0.29, 0.717) is 10.6 Å². The first-order valence-corrected chi connectivity index (χ1v) is 4.10. The summed E-state index contributed by atoms with van der Waals surface area (Å²) in [5.41, 5.74) is 0.183. The summed E-state index contributed by atoms with van der Waals surface area (Å²) in [7, 11) is 0. The second kappa shape index (κ2) is 4.45. The van der Waals surface area contributed by atoms with E-state index in [1.54, 1.807) is 24.3 Å². The van der Waals surface area contributed by atoms with Crippen molar-refractivity contribution in [3.05, 3.63) is 40.4 Å². The van der Waals surface area contributed by atoms with Crippen molar-refractivity contribution in [1.29, 1.82) is 5.26 Å². The highest BCUT2D eigenvalue weighted by Gasteiger charge is 1.96.